The maximum Gasteiger partial charge on any atom is 0.326 e. The smallest absolute Gasteiger partial charge is 0.326 e. The van der Waals surface area contributed by atoms with Crippen molar-refractivity contribution >= 4 is 5.97 Å². The predicted octanol–water partition coefficient (Wildman–Crippen LogP) is 2.69. The summed E-state index contributed by atoms with van der Waals surface area (Å²) >= 11 is 0. The van der Waals surface area contributed by atoms with Crippen LogP contribution in [0.2, 0.25) is 0 Å². The van der Waals surface area contributed by atoms with Gasteiger partial charge in [0.15, 0.2) is 0 Å². The van der Waals surface area contributed by atoms with Crippen molar-refractivity contribution < 1.29 is 9.53 Å². The molecule has 1 fully saturated rings. The first-order valence-corrected chi connectivity index (χ1v) is 7.23. The summed E-state index contributed by atoms with van der Waals surface area (Å²) < 4.78 is 5.23. The molecule has 0 unspecified atom stereocenters. The Morgan fingerprint density at radius 2 is 1.95 bits per heavy atom. The lowest BCUT2D eigenvalue weighted by Gasteiger charge is -2.28. The Hall–Kier alpha value is -1.35. The summed E-state index contributed by atoms with van der Waals surface area (Å²) in [6, 6.07) is 10.4. The maximum atomic E-state index is 12.1. The van der Waals surface area contributed by atoms with Crippen LogP contribution in [0.5, 0.6) is 0 Å². The van der Waals surface area contributed by atoms with Gasteiger partial charge in [-0.1, -0.05) is 43.2 Å². The van der Waals surface area contributed by atoms with Crippen LogP contribution in [-0.2, 0) is 16.0 Å². The number of hydrogen-bond donors (Lipinski definition) is 1. The van der Waals surface area contributed by atoms with Gasteiger partial charge in [0.25, 0.3) is 0 Å². The van der Waals surface area contributed by atoms with E-state index < -0.39 is 5.54 Å². The molecule has 0 atom stereocenters. The molecular formula is C16H23NO2. The number of ether oxygens (including phenoxy) is 1. The predicted molar refractivity (Wildman–Crippen MR) is 76.0 cm³/mol. The van der Waals surface area contributed by atoms with E-state index in [1.807, 2.05) is 25.1 Å². The van der Waals surface area contributed by atoms with E-state index >= 15 is 0 Å². The highest BCUT2D eigenvalue weighted by Crippen LogP contribution is 2.30. The van der Waals surface area contributed by atoms with Crippen molar-refractivity contribution in [2.45, 2.75) is 44.6 Å². The second kappa shape index (κ2) is 6.71. The van der Waals surface area contributed by atoms with Crippen molar-refractivity contribution in [1.82, 2.24) is 5.32 Å². The molecule has 0 amide bonds. The van der Waals surface area contributed by atoms with E-state index in [-0.39, 0.29) is 5.97 Å². The van der Waals surface area contributed by atoms with Gasteiger partial charge in [0, 0.05) is 6.54 Å². The Bertz CT molecular complexity index is 396. The summed E-state index contributed by atoms with van der Waals surface area (Å²) in [5.41, 5.74) is 0.872. The Balaban J connectivity index is 1.89. The Kier molecular flexibility index (Phi) is 4.97. The van der Waals surface area contributed by atoms with Gasteiger partial charge in [-0.15, -0.1) is 0 Å². The van der Waals surface area contributed by atoms with Crippen LogP contribution in [0.1, 0.15) is 38.2 Å². The molecule has 19 heavy (non-hydrogen) atoms. The summed E-state index contributed by atoms with van der Waals surface area (Å²) in [5, 5.41) is 3.45. The van der Waals surface area contributed by atoms with Crippen molar-refractivity contribution in [3.63, 3.8) is 0 Å². The standard InChI is InChI=1S/C16H23NO2/c1-2-19-15(18)16(11-6-7-12-16)17-13-10-14-8-4-3-5-9-14/h3-5,8-9,17H,2,6-7,10-13H2,1H3. The number of esters is 1. The lowest BCUT2D eigenvalue weighted by atomic mass is 9.97. The number of carbonyl (C=O) groups excluding carboxylic acids is 1. The fourth-order valence-corrected chi connectivity index (χ4v) is 2.79. The van der Waals surface area contributed by atoms with Gasteiger partial charge in [-0.2, -0.15) is 0 Å². The van der Waals surface area contributed by atoms with Crippen molar-refractivity contribution in [3.05, 3.63) is 35.9 Å². The summed E-state index contributed by atoms with van der Waals surface area (Å²) in [5.74, 6) is -0.0689. The molecule has 3 nitrogen and oxygen atoms in total. The highest BCUT2D eigenvalue weighted by Gasteiger charge is 2.41. The van der Waals surface area contributed by atoms with Crippen molar-refractivity contribution in [1.29, 1.82) is 0 Å². The first-order valence-electron chi connectivity index (χ1n) is 7.23. The van der Waals surface area contributed by atoms with Crippen LogP contribution < -0.4 is 5.32 Å². The minimum Gasteiger partial charge on any atom is -0.465 e. The van der Waals surface area contributed by atoms with Crippen LogP contribution in [0.4, 0.5) is 0 Å². The van der Waals surface area contributed by atoms with E-state index in [2.05, 4.69) is 17.4 Å². The Labute approximate surface area is 115 Å². The average molecular weight is 261 g/mol. The largest absolute Gasteiger partial charge is 0.465 e. The molecule has 1 aromatic carbocycles. The van der Waals surface area contributed by atoms with Crippen LogP contribution in [0.25, 0.3) is 0 Å². The SMILES string of the molecule is CCOC(=O)C1(NCCc2ccccc2)CCCC1. The van der Waals surface area contributed by atoms with Crippen molar-refractivity contribution in [3.8, 4) is 0 Å². The van der Waals surface area contributed by atoms with E-state index in [1.54, 1.807) is 0 Å². The van der Waals surface area contributed by atoms with Gasteiger partial charge >= 0.3 is 5.97 Å². The molecule has 1 aromatic rings. The molecule has 0 radical (unpaired) electrons. The van der Waals surface area contributed by atoms with Crippen LogP contribution in [0, 0.1) is 0 Å². The number of rotatable bonds is 6. The van der Waals surface area contributed by atoms with Gasteiger partial charge in [0.1, 0.15) is 5.54 Å². The Morgan fingerprint density at radius 1 is 1.26 bits per heavy atom. The molecule has 104 valence electrons. The topological polar surface area (TPSA) is 38.3 Å². The lowest BCUT2D eigenvalue weighted by Crippen LogP contribution is -2.51. The van der Waals surface area contributed by atoms with Crippen LogP contribution in [-0.4, -0.2) is 24.7 Å². The van der Waals surface area contributed by atoms with Gasteiger partial charge in [-0.25, -0.2) is 0 Å². The molecule has 1 saturated carbocycles. The molecule has 0 saturated heterocycles. The minimum absolute atomic E-state index is 0.0689. The fourth-order valence-electron chi connectivity index (χ4n) is 2.79. The number of benzene rings is 1. The molecule has 1 N–H and O–H groups in total. The number of nitrogens with one attached hydrogen (secondary N) is 1. The summed E-state index contributed by atoms with van der Waals surface area (Å²) in [6.07, 6.45) is 4.97. The van der Waals surface area contributed by atoms with Gasteiger partial charge in [0.2, 0.25) is 0 Å². The normalized spacial score (nSPS) is 17.3. The second-order valence-electron chi connectivity index (χ2n) is 5.17. The molecule has 0 bridgehead atoms. The molecule has 1 aliphatic rings. The lowest BCUT2D eigenvalue weighted by molar-refractivity contribution is -0.151. The molecule has 0 aromatic heterocycles. The monoisotopic (exact) mass is 261 g/mol. The van der Waals surface area contributed by atoms with Gasteiger partial charge < -0.3 is 10.1 Å². The quantitative estimate of drug-likeness (QED) is 0.800. The van der Waals surface area contributed by atoms with Gasteiger partial charge in [-0.3, -0.25) is 4.79 Å². The molecular weight excluding hydrogens is 238 g/mol. The van der Waals surface area contributed by atoms with Gasteiger partial charge in [-0.05, 0) is 31.7 Å². The van der Waals surface area contributed by atoms with Crippen molar-refractivity contribution in [2.75, 3.05) is 13.2 Å². The minimum atomic E-state index is -0.426. The van der Waals surface area contributed by atoms with Crippen LogP contribution in [0.15, 0.2) is 30.3 Å². The number of carbonyl (C=O) groups is 1. The summed E-state index contributed by atoms with van der Waals surface area (Å²) in [7, 11) is 0. The van der Waals surface area contributed by atoms with E-state index in [0.29, 0.717) is 6.61 Å². The van der Waals surface area contributed by atoms with E-state index in [0.717, 1.165) is 38.6 Å². The first kappa shape index (κ1) is 14.1. The van der Waals surface area contributed by atoms with E-state index in [4.69, 9.17) is 4.74 Å². The zero-order valence-electron chi connectivity index (χ0n) is 11.7. The third-order valence-electron chi connectivity index (χ3n) is 3.84. The fraction of sp³-hybridized carbons (Fsp3) is 0.562. The summed E-state index contributed by atoms with van der Waals surface area (Å²) in [6.45, 7) is 3.15. The molecule has 3 heteroatoms. The maximum absolute atomic E-state index is 12.1. The van der Waals surface area contributed by atoms with E-state index in [1.165, 1.54) is 5.56 Å². The van der Waals surface area contributed by atoms with Crippen LogP contribution in [0.3, 0.4) is 0 Å². The highest BCUT2D eigenvalue weighted by molar-refractivity contribution is 5.81. The third kappa shape index (κ3) is 3.57. The molecule has 0 aliphatic heterocycles. The van der Waals surface area contributed by atoms with Gasteiger partial charge in [0.05, 0.1) is 6.61 Å². The first-order chi connectivity index (χ1) is 9.27. The average Bonchev–Trinajstić information content (AvgIpc) is 2.90. The highest BCUT2D eigenvalue weighted by atomic mass is 16.5. The van der Waals surface area contributed by atoms with E-state index in [9.17, 15) is 4.79 Å². The molecule has 1 aliphatic carbocycles. The van der Waals surface area contributed by atoms with Crippen molar-refractivity contribution in [2.24, 2.45) is 0 Å². The molecule has 0 spiro atoms. The second-order valence-corrected chi connectivity index (χ2v) is 5.17. The zero-order valence-corrected chi connectivity index (χ0v) is 11.7. The number of hydrogen-bond acceptors (Lipinski definition) is 3. The Morgan fingerprint density at radius 3 is 2.58 bits per heavy atom. The third-order valence-corrected chi connectivity index (χ3v) is 3.84. The zero-order chi connectivity index (χ0) is 13.6. The molecule has 2 rings (SSSR count). The molecule has 0 heterocycles. The van der Waals surface area contributed by atoms with Crippen LogP contribution >= 0.6 is 0 Å². The summed E-state index contributed by atoms with van der Waals surface area (Å²) in [4.78, 5) is 12.1.